The molecule has 1 heterocycles. The third-order valence-corrected chi connectivity index (χ3v) is 7.51. The number of fused-ring (bicyclic) bond motifs is 1. The number of aromatic nitrogens is 2. The molecular weight excluding hydrogens is 712 g/mol. The number of carbonyl (C=O) groups excluding carboxylic acids is 2. The maximum absolute atomic E-state index is 13.2. The molecule has 0 amide bonds. The highest BCUT2D eigenvalue weighted by Crippen LogP contribution is 2.29. The summed E-state index contributed by atoms with van der Waals surface area (Å²) in [7, 11) is 0. The summed E-state index contributed by atoms with van der Waals surface area (Å²) >= 11 is 0. The van der Waals surface area contributed by atoms with E-state index in [1.165, 1.54) is 0 Å². The van der Waals surface area contributed by atoms with Gasteiger partial charge in [-0.3, -0.25) is 4.57 Å². The Balaban J connectivity index is 1.43. The first-order valence-corrected chi connectivity index (χ1v) is 16.8. The molecule has 1 aromatic heterocycles. The second-order valence-electron chi connectivity index (χ2n) is 11.3. The van der Waals surface area contributed by atoms with Crippen LogP contribution in [-0.2, 0) is 30.4 Å². The van der Waals surface area contributed by atoms with Gasteiger partial charge in [0, 0.05) is 5.56 Å². The van der Waals surface area contributed by atoms with Gasteiger partial charge in [-0.05, 0) is 61.4 Å². The van der Waals surface area contributed by atoms with E-state index in [4.69, 9.17) is 30.5 Å². The van der Waals surface area contributed by atoms with E-state index in [0.717, 1.165) is 21.8 Å². The molecular formula is C34H40N8O12. The second-order valence-corrected chi connectivity index (χ2v) is 11.3. The van der Waals surface area contributed by atoms with Crippen LogP contribution in [0.15, 0.2) is 71.8 Å². The molecule has 0 aliphatic rings. The molecule has 20 nitrogen and oxygen atoms in total. The molecule has 0 aliphatic carbocycles. The number of unbranched alkanes of at least 4 members (excludes halogenated alkanes) is 2. The predicted molar refractivity (Wildman–Crippen MR) is 191 cm³/mol. The zero-order valence-electron chi connectivity index (χ0n) is 29.4. The number of amidine groups is 1. The summed E-state index contributed by atoms with van der Waals surface area (Å²) in [6.45, 7) is 1.85. The van der Waals surface area contributed by atoms with Gasteiger partial charge in [0.2, 0.25) is 0 Å². The van der Waals surface area contributed by atoms with E-state index in [1.54, 1.807) is 34.9 Å². The summed E-state index contributed by atoms with van der Waals surface area (Å²) in [5.41, 5.74) is 10.7. The zero-order valence-corrected chi connectivity index (χ0v) is 29.4. The van der Waals surface area contributed by atoms with Gasteiger partial charge in [0.05, 0.1) is 56.2 Å². The molecule has 288 valence electrons. The molecule has 0 aliphatic heterocycles. The van der Waals surface area contributed by atoms with E-state index in [-0.39, 0.29) is 32.3 Å². The third-order valence-electron chi connectivity index (χ3n) is 7.51. The Kier molecular flexibility index (Phi) is 15.1. The molecule has 0 saturated heterocycles. The van der Waals surface area contributed by atoms with Gasteiger partial charge in [-0.15, -0.1) is 25.3 Å². The summed E-state index contributed by atoms with van der Waals surface area (Å²) in [6, 6.07) is 20.3. The molecule has 3 aromatic carbocycles. The molecule has 0 saturated carbocycles. The second kappa shape index (κ2) is 20.4. The van der Waals surface area contributed by atoms with Gasteiger partial charge in [-0.2, -0.15) is 10.1 Å². The van der Waals surface area contributed by atoms with E-state index in [0.29, 0.717) is 67.0 Å². The Morgan fingerprint density at radius 3 is 2.13 bits per heavy atom. The molecule has 4 aromatic rings. The number of hydrazine groups is 1. The monoisotopic (exact) mass is 752 g/mol. The number of para-hydroxylation sites is 1. The molecule has 0 spiro atoms. The average molecular weight is 753 g/mol. The van der Waals surface area contributed by atoms with Crippen LogP contribution in [0.1, 0.15) is 54.1 Å². The van der Waals surface area contributed by atoms with Crippen molar-refractivity contribution in [2.45, 2.75) is 39.2 Å². The van der Waals surface area contributed by atoms with E-state index in [9.17, 15) is 29.8 Å². The van der Waals surface area contributed by atoms with Gasteiger partial charge in [0.25, 0.3) is 16.2 Å². The van der Waals surface area contributed by atoms with Crippen LogP contribution >= 0.6 is 0 Å². The summed E-state index contributed by atoms with van der Waals surface area (Å²) in [6.07, 6.45) is 0.379. The number of ether oxygens (including phenoxy) is 4. The first-order chi connectivity index (χ1) is 26.1. The van der Waals surface area contributed by atoms with Crippen molar-refractivity contribution in [3.63, 3.8) is 0 Å². The quantitative estimate of drug-likeness (QED) is 0.0167. The van der Waals surface area contributed by atoms with Crippen molar-refractivity contribution in [2.75, 3.05) is 39.8 Å². The number of hydrazone groups is 1. The maximum atomic E-state index is 13.2. The highest BCUT2D eigenvalue weighted by molar-refractivity contribution is 6.03. The van der Waals surface area contributed by atoms with E-state index in [1.807, 2.05) is 43.3 Å². The van der Waals surface area contributed by atoms with Gasteiger partial charge >= 0.3 is 12.1 Å². The summed E-state index contributed by atoms with van der Waals surface area (Å²) in [4.78, 5) is 58.6. The van der Waals surface area contributed by atoms with Crippen molar-refractivity contribution in [1.82, 2.24) is 14.7 Å². The van der Waals surface area contributed by atoms with Crippen LogP contribution in [0.25, 0.3) is 22.2 Å². The van der Waals surface area contributed by atoms with E-state index in [2.05, 4.69) is 19.8 Å². The number of nitrogens with zero attached hydrogens (tertiary/aromatic N) is 6. The van der Waals surface area contributed by atoms with Gasteiger partial charge in [-0.25, -0.2) is 15.4 Å². The molecule has 4 N–H and O–H groups in total. The summed E-state index contributed by atoms with van der Waals surface area (Å²) < 4.78 is 22.9. The SMILES string of the molecule is CCOc1nc2cccc(C(=O)OCCCCO[N+](=O)[O-])c2n1Cc1ccc(-c2ccccc2/C(N)=N/N(N)COC(=O)OCCCCO[N+](=O)[O-])cc1. The van der Waals surface area contributed by atoms with Gasteiger partial charge in [-0.1, -0.05) is 54.6 Å². The topological polar surface area (TPSA) is 261 Å². The number of hydrogen-bond donors (Lipinski definition) is 2. The van der Waals surface area contributed by atoms with Crippen LogP contribution < -0.4 is 16.3 Å². The number of hydrogen-bond acceptors (Lipinski definition) is 16. The molecule has 0 unspecified atom stereocenters. The number of nitrogens with two attached hydrogens (primary N) is 2. The van der Waals surface area contributed by atoms with Crippen molar-refractivity contribution in [3.05, 3.63) is 104 Å². The lowest BCUT2D eigenvalue weighted by Gasteiger charge is -2.15. The van der Waals surface area contributed by atoms with Crippen molar-refractivity contribution in [2.24, 2.45) is 16.7 Å². The van der Waals surface area contributed by atoms with Crippen LogP contribution in [-0.4, -0.2) is 82.6 Å². The smallest absolute Gasteiger partial charge is 0.465 e. The Morgan fingerprint density at radius 2 is 1.46 bits per heavy atom. The summed E-state index contributed by atoms with van der Waals surface area (Å²) in [5, 5.41) is 23.7. The van der Waals surface area contributed by atoms with Crippen molar-refractivity contribution >= 4 is 29.0 Å². The van der Waals surface area contributed by atoms with Crippen LogP contribution in [0.2, 0.25) is 0 Å². The molecule has 20 heteroatoms. The van der Waals surface area contributed by atoms with Crippen LogP contribution in [0.4, 0.5) is 4.79 Å². The number of imidazole rings is 1. The minimum absolute atomic E-state index is 0.0286. The highest BCUT2D eigenvalue weighted by Gasteiger charge is 2.21. The summed E-state index contributed by atoms with van der Waals surface area (Å²) in [5.74, 6) is 5.38. The van der Waals surface area contributed by atoms with Crippen molar-refractivity contribution in [1.29, 1.82) is 0 Å². The van der Waals surface area contributed by atoms with Gasteiger partial charge < -0.3 is 34.4 Å². The Morgan fingerprint density at radius 1 is 0.833 bits per heavy atom. The minimum Gasteiger partial charge on any atom is -0.465 e. The fourth-order valence-electron chi connectivity index (χ4n) is 5.11. The van der Waals surface area contributed by atoms with E-state index < -0.39 is 29.0 Å². The Bertz CT molecular complexity index is 1920. The zero-order chi connectivity index (χ0) is 38.9. The van der Waals surface area contributed by atoms with Crippen LogP contribution in [0.5, 0.6) is 6.01 Å². The Hall–Kier alpha value is -6.70. The van der Waals surface area contributed by atoms with Crippen molar-refractivity contribution < 1.29 is 48.4 Å². The molecule has 0 atom stereocenters. The number of rotatable bonds is 22. The fraction of sp³-hybridized carbons (Fsp3) is 0.353. The van der Waals surface area contributed by atoms with Gasteiger partial charge in [0.15, 0.2) is 12.6 Å². The lowest BCUT2D eigenvalue weighted by Crippen LogP contribution is -2.33. The third kappa shape index (κ3) is 11.9. The molecule has 0 fully saturated rings. The van der Waals surface area contributed by atoms with Gasteiger partial charge in [0.1, 0.15) is 0 Å². The highest BCUT2D eigenvalue weighted by atomic mass is 17.0. The number of benzene rings is 3. The largest absolute Gasteiger partial charge is 0.510 e. The minimum atomic E-state index is -1.00. The Labute approximate surface area is 308 Å². The lowest BCUT2D eigenvalue weighted by molar-refractivity contribution is -0.757. The van der Waals surface area contributed by atoms with Crippen molar-refractivity contribution in [3.8, 4) is 17.1 Å². The normalized spacial score (nSPS) is 11.1. The van der Waals surface area contributed by atoms with E-state index >= 15 is 0 Å². The van der Waals surface area contributed by atoms with Crippen LogP contribution in [0, 0.1) is 20.2 Å². The molecule has 0 bridgehead atoms. The fourth-order valence-corrected chi connectivity index (χ4v) is 5.11. The first kappa shape index (κ1) is 40.1. The van der Waals surface area contributed by atoms with Crippen LogP contribution in [0.3, 0.4) is 0 Å². The number of carbonyl (C=O) groups is 2. The predicted octanol–water partition coefficient (Wildman–Crippen LogP) is 4.19. The number of esters is 1. The molecule has 4 rings (SSSR count). The standard InChI is InChI=1S/C34H40N8O12/c1-2-49-33-37-29-13-9-12-28(32(43)50-18-5-7-20-53-41(45)46)30(29)39(33)22-24-14-16-25(17-15-24)26-10-3-4-11-27(26)31(35)38-40(36)23-52-34(44)51-19-6-8-21-54-42(47)48/h3-4,9-17H,2,5-8,18-23,36H2,1H3,(H2,35,38). The average Bonchev–Trinajstić information content (AvgIpc) is 3.50. The first-order valence-electron chi connectivity index (χ1n) is 16.8. The lowest BCUT2D eigenvalue weighted by atomic mass is 9.98. The molecule has 0 radical (unpaired) electrons. The maximum Gasteiger partial charge on any atom is 0.510 e. The molecule has 54 heavy (non-hydrogen) atoms.